The fraction of sp³-hybridized carbons (Fsp3) is 0.190. The summed E-state index contributed by atoms with van der Waals surface area (Å²) in [5, 5.41) is 5.80. The quantitative estimate of drug-likeness (QED) is 0.621. The Morgan fingerprint density at radius 3 is 2.50 bits per heavy atom. The highest BCUT2D eigenvalue weighted by molar-refractivity contribution is 7.86. The third kappa shape index (κ3) is 3.18. The van der Waals surface area contributed by atoms with Crippen molar-refractivity contribution in [3.8, 4) is 11.5 Å². The lowest BCUT2D eigenvalue weighted by Gasteiger charge is -2.07. The molecule has 0 radical (unpaired) electrons. The molecule has 0 amide bonds. The maximum atomic E-state index is 12.5. The molecule has 1 unspecified atom stereocenters. The van der Waals surface area contributed by atoms with E-state index in [1.807, 2.05) is 37.3 Å². The predicted molar refractivity (Wildman–Crippen MR) is 107 cm³/mol. The van der Waals surface area contributed by atoms with Crippen molar-refractivity contribution in [2.75, 3.05) is 7.11 Å². The van der Waals surface area contributed by atoms with Crippen LogP contribution < -0.4 is 9.47 Å². The van der Waals surface area contributed by atoms with Gasteiger partial charge in [-0.05, 0) is 61.0 Å². The Bertz CT molecular complexity index is 1180. The smallest absolute Gasteiger partial charge is 0.358 e. The van der Waals surface area contributed by atoms with Gasteiger partial charge in [0.05, 0.1) is 12.7 Å². The van der Waals surface area contributed by atoms with Gasteiger partial charge in [0.2, 0.25) is 0 Å². The third-order valence-corrected chi connectivity index (χ3v) is 5.80. The molecule has 1 aliphatic rings. The molecular formula is C21H19NO5S. The van der Waals surface area contributed by atoms with Crippen molar-refractivity contribution < 1.29 is 22.2 Å². The SMILES string of the molecule is COc1ccc2c3c(ccc2c1)OC(C)/C3=N\OS(=O)(=O)c1ccc(C)cc1. The minimum atomic E-state index is -4.02. The van der Waals surface area contributed by atoms with Crippen LogP contribution >= 0.6 is 0 Å². The lowest BCUT2D eigenvalue weighted by Crippen LogP contribution is -2.18. The van der Waals surface area contributed by atoms with Gasteiger partial charge in [-0.1, -0.05) is 28.9 Å². The number of rotatable bonds is 4. The van der Waals surface area contributed by atoms with Gasteiger partial charge < -0.3 is 9.47 Å². The highest BCUT2D eigenvalue weighted by atomic mass is 32.2. The fourth-order valence-electron chi connectivity index (χ4n) is 3.18. The van der Waals surface area contributed by atoms with Gasteiger partial charge in [0.1, 0.15) is 28.2 Å². The molecule has 1 aliphatic heterocycles. The predicted octanol–water partition coefficient (Wildman–Crippen LogP) is 4.05. The highest BCUT2D eigenvalue weighted by Gasteiger charge is 2.30. The normalized spacial score (nSPS) is 17.4. The molecule has 0 fully saturated rings. The van der Waals surface area contributed by atoms with E-state index >= 15 is 0 Å². The van der Waals surface area contributed by atoms with Gasteiger partial charge in [-0.2, -0.15) is 8.42 Å². The number of hydrogen-bond acceptors (Lipinski definition) is 6. The van der Waals surface area contributed by atoms with Crippen molar-refractivity contribution in [1.82, 2.24) is 0 Å². The molecule has 0 aromatic heterocycles. The zero-order valence-corrected chi connectivity index (χ0v) is 16.5. The van der Waals surface area contributed by atoms with E-state index in [2.05, 4.69) is 5.16 Å². The van der Waals surface area contributed by atoms with Crippen LogP contribution in [0.2, 0.25) is 0 Å². The number of hydrogen-bond donors (Lipinski definition) is 0. The average molecular weight is 397 g/mol. The van der Waals surface area contributed by atoms with Crippen LogP contribution in [0.15, 0.2) is 64.6 Å². The van der Waals surface area contributed by atoms with Crippen LogP contribution in [0.25, 0.3) is 10.8 Å². The summed E-state index contributed by atoms with van der Waals surface area (Å²) in [6, 6.07) is 15.8. The molecule has 144 valence electrons. The van der Waals surface area contributed by atoms with Crippen LogP contribution in [-0.2, 0) is 14.4 Å². The maximum Gasteiger partial charge on any atom is 0.358 e. The van der Waals surface area contributed by atoms with Gasteiger partial charge in [0.15, 0.2) is 0 Å². The van der Waals surface area contributed by atoms with E-state index in [4.69, 9.17) is 13.8 Å². The van der Waals surface area contributed by atoms with Crippen LogP contribution in [0.4, 0.5) is 0 Å². The number of methoxy groups -OCH3 is 1. The summed E-state index contributed by atoms with van der Waals surface area (Å²) in [6.45, 7) is 3.68. The number of aryl methyl sites for hydroxylation is 1. The molecular weight excluding hydrogens is 378 g/mol. The van der Waals surface area contributed by atoms with Crippen molar-refractivity contribution in [1.29, 1.82) is 0 Å². The largest absolute Gasteiger partial charge is 0.497 e. The number of nitrogens with zero attached hydrogens (tertiary/aromatic N) is 1. The minimum absolute atomic E-state index is 0.0527. The zero-order chi connectivity index (χ0) is 19.9. The van der Waals surface area contributed by atoms with Gasteiger partial charge in [0, 0.05) is 0 Å². The van der Waals surface area contributed by atoms with Crippen molar-refractivity contribution in [3.05, 3.63) is 65.7 Å². The first-order chi connectivity index (χ1) is 13.4. The molecule has 0 saturated carbocycles. The summed E-state index contributed by atoms with van der Waals surface area (Å²) in [5.41, 5.74) is 2.12. The zero-order valence-electron chi connectivity index (χ0n) is 15.7. The molecule has 0 aliphatic carbocycles. The molecule has 0 N–H and O–H groups in total. The lowest BCUT2D eigenvalue weighted by atomic mass is 9.99. The van der Waals surface area contributed by atoms with E-state index in [9.17, 15) is 8.42 Å². The summed E-state index contributed by atoms with van der Waals surface area (Å²) in [6.07, 6.45) is -0.434. The van der Waals surface area contributed by atoms with Crippen molar-refractivity contribution in [2.24, 2.45) is 5.16 Å². The number of ether oxygens (including phenoxy) is 2. The minimum Gasteiger partial charge on any atom is -0.497 e. The van der Waals surface area contributed by atoms with E-state index < -0.39 is 16.2 Å². The molecule has 3 aromatic rings. The molecule has 0 saturated heterocycles. The molecule has 3 aromatic carbocycles. The van der Waals surface area contributed by atoms with Crippen LogP contribution in [-0.4, -0.2) is 27.3 Å². The van der Waals surface area contributed by atoms with Gasteiger partial charge in [-0.3, -0.25) is 4.28 Å². The van der Waals surface area contributed by atoms with Crippen LogP contribution in [0.5, 0.6) is 11.5 Å². The van der Waals surface area contributed by atoms with E-state index in [1.54, 1.807) is 26.2 Å². The molecule has 1 heterocycles. The second-order valence-electron chi connectivity index (χ2n) is 6.60. The van der Waals surface area contributed by atoms with Crippen LogP contribution in [0, 0.1) is 6.92 Å². The standard InChI is InChI=1S/C21H19NO5S/c1-13-4-8-17(9-5-13)28(23,24)27-22-21-14(2)26-19-11-6-15-12-16(25-3)7-10-18(15)20(19)21/h4-12,14H,1-3H3/b22-21+. The Kier molecular flexibility index (Phi) is 4.47. The summed E-state index contributed by atoms with van der Waals surface area (Å²) in [4.78, 5) is 0.0527. The van der Waals surface area contributed by atoms with Gasteiger partial charge in [-0.15, -0.1) is 0 Å². The van der Waals surface area contributed by atoms with Crippen LogP contribution in [0.1, 0.15) is 18.1 Å². The van der Waals surface area contributed by atoms with Crippen molar-refractivity contribution >= 4 is 26.6 Å². The third-order valence-electron chi connectivity index (χ3n) is 4.68. The van der Waals surface area contributed by atoms with E-state index in [0.29, 0.717) is 11.5 Å². The molecule has 28 heavy (non-hydrogen) atoms. The molecule has 0 spiro atoms. The maximum absolute atomic E-state index is 12.5. The first-order valence-corrected chi connectivity index (χ1v) is 10.2. The molecule has 7 heteroatoms. The van der Waals surface area contributed by atoms with Gasteiger partial charge in [0.25, 0.3) is 0 Å². The molecule has 0 bridgehead atoms. The van der Waals surface area contributed by atoms with E-state index in [-0.39, 0.29) is 4.90 Å². The number of fused-ring (bicyclic) bond motifs is 3. The van der Waals surface area contributed by atoms with Gasteiger partial charge >= 0.3 is 10.1 Å². The first kappa shape index (κ1) is 18.3. The first-order valence-electron chi connectivity index (χ1n) is 8.75. The Hall–Kier alpha value is -3.06. The Morgan fingerprint density at radius 2 is 1.79 bits per heavy atom. The van der Waals surface area contributed by atoms with E-state index in [0.717, 1.165) is 27.6 Å². The summed E-state index contributed by atoms with van der Waals surface area (Å²) in [7, 11) is -2.41. The van der Waals surface area contributed by atoms with Gasteiger partial charge in [-0.25, -0.2) is 0 Å². The summed E-state index contributed by atoms with van der Waals surface area (Å²) in [5.74, 6) is 1.37. The number of oxime groups is 1. The Balaban J connectivity index is 1.75. The molecule has 6 nitrogen and oxygen atoms in total. The summed E-state index contributed by atoms with van der Waals surface area (Å²) >= 11 is 0. The average Bonchev–Trinajstić information content (AvgIpc) is 3.01. The molecule has 1 atom stereocenters. The fourth-order valence-corrected chi connectivity index (χ4v) is 3.92. The van der Waals surface area contributed by atoms with Crippen molar-refractivity contribution in [2.45, 2.75) is 24.8 Å². The number of benzene rings is 3. The second-order valence-corrected chi connectivity index (χ2v) is 8.13. The Morgan fingerprint density at radius 1 is 1.04 bits per heavy atom. The van der Waals surface area contributed by atoms with E-state index in [1.165, 1.54) is 12.1 Å². The summed E-state index contributed by atoms with van der Waals surface area (Å²) < 4.78 is 41.1. The highest BCUT2D eigenvalue weighted by Crippen LogP contribution is 2.37. The van der Waals surface area contributed by atoms with Crippen molar-refractivity contribution in [3.63, 3.8) is 0 Å². The monoisotopic (exact) mass is 397 g/mol. The molecule has 4 rings (SSSR count). The second kappa shape index (κ2) is 6.83. The van der Waals surface area contributed by atoms with Crippen LogP contribution in [0.3, 0.4) is 0 Å². The Labute approximate surface area is 163 Å². The lowest BCUT2D eigenvalue weighted by molar-refractivity contribution is 0.291. The topological polar surface area (TPSA) is 74.2 Å².